The quantitative estimate of drug-likeness (QED) is 0.463. The number of nitrogens with zero attached hydrogens (tertiary/aromatic N) is 1. The van der Waals surface area contributed by atoms with Crippen molar-refractivity contribution in [1.29, 1.82) is 0 Å². The number of carbonyl (C=O) groups is 1. The van der Waals surface area contributed by atoms with Crippen molar-refractivity contribution < 1.29 is 14.3 Å². The first kappa shape index (κ1) is 17.4. The van der Waals surface area contributed by atoms with Crippen molar-refractivity contribution in [1.82, 2.24) is 4.98 Å². The van der Waals surface area contributed by atoms with Crippen LogP contribution in [-0.4, -0.2) is 17.6 Å². The average Bonchev–Trinajstić information content (AvgIpc) is 2.69. The summed E-state index contributed by atoms with van der Waals surface area (Å²) in [6.07, 6.45) is 5.84. The van der Waals surface area contributed by atoms with Crippen molar-refractivity contribution in [3.05, 3.63) is 90.3 Å². The van der Waals surface area contributed by atoms with E-state index in [1.807, 2.05) is 72.8 Å². The molecule has 4 heteroatoms. The second-order valence-electron chi connectivity index (χ2n) is 5.54. The standard InChI is InChI=1S/C22H19NO3/c24-22(15-17-25-20-7-2-1-3-8-20)26-21-13-10-18(11-14-21)9-12-19-6-4-5-16-23-19/h1-14,16H,15,17H2/b12-9+. The predicted molar refractivity (Wildman–Crippen MR) is 102 cm³/mol. The Labute approximate surface area is 152 Å². The van der Waals surface area contributed by atoms with E-state index in [-0.39, 0.29) is 19.0 Å². The molecule has 0 aliphatic heterocycles. The monoisotopic (exact) mass is 345 g/mol. The van der Waals surface area contributed by atoms with Crippen LogP contribution in [0.1, 0.15) is 17.7 Å². The van der Waals surface area contributed by atoms with E-state index in [0.29, 0.717) is 5.75 Å². The summed E-state index contributed by atoms with van der Waals surface area (Å²) in [7, 11) is 0. The van der Waals surface area contributed by atoms with Gasteiger partial charge in [-0.2, -0.15) is 0 Å². The van der Waals surface area contributed by atoms with Gasteiger partial charge < -0.3 is 9.47 Å². The van der Waals surface area contributed by atoms with E-state index in [4.69, 9.17) is 9.47 Å². The van der Waals surface area contributed by atoms with Gasteiger partial charge in [-0.1, -0.05) is 42.5 Å². The highest BCUT2D eigenvalue weighted by molar-refractivity contribution is 5.73. The number of carbonyl (C=O) groups excluding carboxylic acids is 1. The van der Waals surface area contributed by atoms with Crippen molar-refractivity contribution in [2.24, 2.45) is 0 Å². The fraction of sp³-hybridized carbons (Fsp3) is 0.0909. The molecule has 0 amide bonds. The second-order valence-corrected chi connectivity index (χ2v) is 5.54. The Morgan fingerprint density at radius 1 is 0.846 bits per heavy atom. The molecule has 3 rings (SSSR count). The Hall–Kier alpha value is -3.40. The number of aromatic nitrogens is 1. The Morgan fingerprint density at radius 2 is 1.62 bits per heavy atom. The average molecular weight is 345 g/mol. The maximum atomic E-state index is 11.9. The fourth-order valence-electron chi connectivity index (χ4n) is 2.25. The van der Waals surface area contributed by atoms with Gasteiger partial charge in [0.15, 0.2) is 0 Å². The number of benzene rings is 2. The van der Waals surface area contributed by atoms with Crippen molar-refractivity contribution in [2.45, 2.75) is 6.42 Å². The summed E-state index contributed by atoms with van der Waals surface area (Å²) in [6, 6.07) is 22.5. The molecular weight excluding hydrogens is 326 g/mol. The van der Waals surface area contributed by atoms with Gasteiger partial charge in [0.1, 0.15) is 11.5 Å². The van der Waals surface area contributed by atoms with Gasteiger partial charge in [0.25, 0.3) is 0 Å². The first-order valence-electron chi connectivity index (χ1n) is 8.37. The normalized spacial score (nSPS) is 10.6. The summed E-state index contributed by atoms with van der Waals surface area (Å²) < 4.78 is 10.8. The van der Waals surface area contributed by atoms with Crippen LogP contribution in [0.4, 0.5) is 0 Å². The van der Waals surface area contributed by atoms with Gasteiger partial charge in [-0.05, 0) is 48.0 Å². The van der Waals surface area contributed by atoms with E-state index >= 15 is 0 Å². The van der Waals surface area contributed by atoms with Crippen LogP contribution in [0.5, 0.6) is 11.5 Å². The van der Waals surface area contributed by atoms with Gasteiger partial charge >= 0.3 is 5.97 Å². The minimum absolute atomic E-state index is 0.191. The third kappa shape index (κ3) is 5.60. The summed E-state index contributed by atoms with van der Waals surface area (Å²) in [5.41, 5.74) is 1.89. The molecule has 0 fully saturated rings. The van der Waals surface area contributed by atoms with Crippen LogP contribution in [0, 0.1) is 0 Å². The van der Waals surface area contributed by atoms with Crippen molar-refractivity contribution >= 4 is 18.1 Å². The molecular formula is C22H19NO3. The summed E-state index contributed by atoms with van der Waals surface area (Å²) in [6.45, 7) is 0.285. The Bertz CT molecular complexity index is 844. The summed E-state index contributed by atoms with van der Waals surface area (Å²) in [4.78, 5) is 16.1. The molecule has 0 aliphatic carbocycles. The van der Waals surface area contributed by atoms with E-state index < -0.39 is 0 Å². The van der Waals surface area contributed by atoms with Crippen molar-refractivity contribution in [3.63, 3.8) is 0 Å². The zero-order valence-corrected chi connectivity index (χ0v) is 14.2. The molecule has 0 atom stereocenters. The molecule has 130 valence electrons. The SMILES string of the molecule is O=C(CCOc1ccccc1)Oc1ccc(/C=C/c2ccccn2)cc1. The lowest BCUT2D eigenvalue weighted by molar-refractivity contribution is -0.134. The molecule has 26 heavy (non-hydrogen) atoms. The number of para-hydroxylation sites is 1. The molecule has 0 aliphatic rings. The topological polar surface area (TPSA) is 48.4 Å². The Balaban J connectivity index is 1.46. The molecule has 0 saturated carbocycles. The molecule has 1 heterocycles. The number of ether oxygens (including phenoxy) is 2. The van der Waals surface area contributed by atoms with Gasteiger partial charge in [-0.3, -0.25) is 9.78 Å². The smallest absolute Gasteiger partial charge is 0.314 e. The minimum Gasteiger partial charge on any atom is -0.493 e. The Morgan fingerprint density at radius 3 is 2.35 bits per heavy atom. The van der Waals surface area contributed by atoms with Gasteiger partial charge in [0.2, 0.25) is 0 Å². The number of rotatable bonds is 7. The third-order valence-electron chi connectivity index (χ3n) is 3.56. The van der Waals surface area contributed by atoms with Crippen LogP contribution >= 0.6 is 0 Å². The van der Waals surface area contributed by atoms with Gasteiger partial charge in [-0.25, -0.2) is 0 Å². The number of esters is 1. The number of hydrogen-bond acceptors (Lipinski definition) is 4. The van der Waals surface area contributed by atoms with Gasteiger partial charge in [0.05, 0.1) is 18.7 Å². The maximum absolute atomic E-state index is 11.9. The molecule has 0 saturated heterocycles. The van der Waals surface area contributed by atoms with Crippen LogP contribution in [-0.2, 0) is 4.79 Å². The number of pyridine rings is 1. The van der Waals surface area contributed by atoms with Crippen molar-refractivity contribution in [2.75, 3.05) is 6.61 Å². The highest BCUT2D eigenvalue weighted by Crippen LogP contribution is 2.15. The first-order chi connectivity index (χ1) is 12.8. The molecule has 1 aromatic heterocycles. The van der Waals surface area contributed by atoms with E-state index in [1.165, 1.54) is 0 Å². The van der Waals surface area contributed by atoms with E-state index in [0.717, 1.165) is 17.0 Å². The van der Waals surface area contributed by atoms with Crippen LogP contribution in [0.3, 0.4) is 0 Å². The lowest BCUT2D eigenvalue weighted by Crippen LogP contribution is -2.12. The first-order valence-corrected chi connectivity index (χ1v) is 8.37. The van der Waals surface area contributed by atoms with Gasteiger partial charge in [-0.15, -0.1) is 0 Å². The van der Waals surface area contributed by atoms with Crippen LogP contribution in [0.25, 0.3) is 12.2 Å². The molecule has 3 aromatic rings. The summed E-state index contributed by atoms with van der Waals surface area (Å²) in [5.74, 6) is 0.937. The summed E-state index contributed by atoms with van der Waals surface area (Å²) in [5, 5.41) is 0. The molecule has 0 radical (unpaired) electrons. The molecule has 0 bridgehead atoms. The van der Waals surface area contributed by atoms with Crippen LogP contribution < -0.4 is 9.47 Å². The zero-order chi connectivity index (χ0) is 18.0. The van der Waals surface area contributed by atoms with Crippen molar-refractivity contribution in [3.8, 4) is 11.5 Å². The highest BCUT2D eigenvalue weighted by atomic mass is 16.5. The van der Waals surface area contributed by atoms with E-state index in [1.54, 1.807) is 18.3 Å². The molecule has 4 nitrogen and oxygen atoms in total. The predicted octanol–water partition coefficient (Wildman–Crippen LogP) is 4.63. The minimum atomic E-state index is -0.322. The van der Waals surface area contributed by atoms with E-state index in [9.17, 15) is 4.79 Å². The number of hydrogen-bond donors (Lipinski definition) is 0. The molecule has 0 N–H and O–H groups in total. The molecule has 0 spiro atoms. The zero-order valence-electron chi connectivity index (χ0n) is 14.2. The molecule has 2 aromatic carbocycles. The largest absolute Gasteiger partial charge is 0.493 e. The Kier molecular flexibility index (Phi) is 6.15. The second kappa shape index (κ2) is 9.18. The molecule has 0 unspecified atom stereocenters. The van der Waals surface area contributed by atoms with Crippen LogP contribution in [0.15, 0.2) is 79.0 Å². The third-order valence-corrected chi connectivity index (χ3v) is 3.56. The summed E-state index contributed by atoms with van der Waals surface area (Å²) >= 11 is 0. The highest BCUT2D eigenvalue weighted by Gasteiger charge is 2.05. The van der Waals surface area contributed by atoms with E-state index in [2.05, 4.69) is 4.98 Å². The lowest BCUT2D eigenvalue weighted by atomic mass is 10.2. The van der Waals surface area contributed by atoms with Crippen LogP contribution in [0.2, 0.25) is 0 Å². The maximum Gasteiger partial charge on any atom is 0.314 e. The van der Waals surface area contributed by atoms with Gasteiger partial charge in [0, 0.05) is 6.20 Å². The lowest BCUT2D eigenvalue weighted by Gasteiger charge is -2.06. The fourth-order valence-corrected chi connectivity index (χ4v) is 2.25.